The first-order valence-corrected chi connectivity index (χ1v) is 16.7. The van der Waals surface area contributed by atoms with Crippen molar-refractivity contribution < 1.29 is 38.1 Å². The Morgan fingerprint density at radius 1 is 0.652 bits per heavy atom. The molecule has 0 spiro atoms. The summed E-state index contributed by atoms with van der Waals surface area (Å²) in [4.78, 5) is 52.4. The lowest BCUT2D eigenvalue weighted by Crippen LogP contribution is -2.28. The van der Waals surface area contributed by atoms with E-state index < -0.39 is 46.5 Å². The molecule has 0 amide bonds. The van der Waals surface area contributed by atoms with Crippen LogP contribution in [0.25, 0.3) is 0 Å². The van der Waals surface area contributed by atoms with Crippen LogP contribution in [0.15, 0.2) is 12.1 Å². The topological polar surface area (TPSA) is 105 Å². The van der Waals surface area contributed by atoms with Gasteiger partial charge in [0.15, 0.2) is 11.5 Å². The number of ether oxygens (including phenoxy) is 4. The maximum Gasteiger partial charge on any atom is 0.423 e. The Kier molecular flexibility index (Phi) is 11.1. The highest BCUT2D eigenvalue weighted by Crippen LogP contribution is 2.57. The molecule has 2 aromatic rings. The molecule has 14 heteroatoms. The maximum atomic E-state index is 13.2. The molecule has 250 valence electrons. The number of benzene rings is 2. The number of carbonyl (C=O) groups excluding carboxylic acids is 4. The number of halogens is 6. The Bertz CT molecular complexity index is 1490. The molecule has 46 heavy (non-hydrogen) atoms. The highest BCUT2D eigenvalue weighted by molar-refractivity contribution is 6.47. The second-order valence-corrected chi connectivity index (χ2v) is 15.5. The molecule has 2 aliphatic rings. The predicted octanol–water partition coefficient (Wildman–Crippen LogP) is 9.80. The molecule has 2 aromatic carbocycles. The molecule has 4 atom stereocenters. The van der Waals surface area contributed by atoms with Crippen molar-refractivity contribution in [2.75, 3.05) is 13.2 Å². The molecule has 2 aliphatic carbocycles. The van der Waals surface area contributed by atoms with E-state index in [0.29, 0.717) is 23.7 Å². The van der Waals surface area contributed by atoms with Gasteiger partial charge < -0.3 is 18.9 Å². The van der Waals surface area contributed by atoms with E-state index in [0.717, 1.165) is 25.0 Å². The quantitative estimate of drug-likeness (QED) is 0.102. The number of hydrogen-bond donors (Lipinski definition) is 0. The Labute approximate surface area is 297 Å². The lowest BCUT2D eigenvalue weighted by molar-refractivity contribution is -0.156. The predicted molar refractivity (Wildman–Crippen MR) is 177 cm³/mol. The monoisotopic (exact) mass is 754 g/mol. The first-order valence-electron chi connectivity index (χ1n) is 14.4. The fraction of sp³-hybridized carbons (Fsp3) is 0.500. The van der Waals surface area contributed by atoms with Crippen LogP contribution in [0.3, 0.4) is 0 Å². The van der Waals surface area contributed by atoms with Gasteiger partial charge in [0, 0.05) is 10.8 Å². The van der Waals surface area contributed by atoms with Crippen LogP contribution in [0.4, 0.5) is 0 Å². The second-order valence-electron chi connectivity index (χ2n) is 13.1. The summed E-state index contributed by atoms with van der Waals surface area (Å²) in [5, 5.41) is -1.49. The van der Waals surface area contributed by atoms with Gasteiger partial charge >= 0.3 is 23.9 Å². The molecule has 0 aromatic heterocycles. The van der Waals surface area contributed by atoms with E-state index in [1.807, 2.05) is 13.8 Å². The molecular weight excluding hydrogens is 725 g/mol. The molecule has 0 aliphatic heterocycles. The average molecular weight is 757 g/mol. The number of carbonyl (C=O) groups is 4. The molecule has 0 radical (unpaired) electrons. The smallest absolute Gasteiger partial charge is 0.423 e. The van der Waals surface area contributed by atoms with Crippen molar-refractivity contribution in [3.63, 3.8) is 0 Å². The van der Waals surface area contributed by atoms with E-state index in [-0.39, 0.29) is 54.2 Å². The SMILES string of the molecule is CC(C)C1CC1(C)COC(=O)c1c(Cl)c(Cl)cc(Cl)c1OC(=O)C(=O)Oc1c(Cl)cc(Cl)c(Cl)c1C(=O)OCC1(C)CC1C(C)C. The van der Waals surface area contributed by atoms with Crippen LogP contribution in [0.1, 0.15) is 75.1 Å². The summed E-state index contributed by atoms with van der Waals surface area (Å²) in [7, 11) is 0. The highest BCUT2D eigenvalue weighted by Gasteiger charge is 2.53. The van der Waals surface area contributed by atoms with Crippen LogP contribution < -0.4 is 9.47 Å². The van der Waals surface area contributed by atoms with Crippen LogP contribution >= 0.6 is 69.6 Å². The average Bonchev–Trinajstić information content (AvgIpc) is 3.86. The summed E-state index contributed by atoms with van der Waals surface area (Å²) in [6, 6.07) is 2.25. The normalized spacial score (nSPS) is 23.3. The van der Waals surface area contributed by atoms with Gasteiger partial charge in [-0.1, -0.05) is 111 Å². The number of esters is 4. The fourth-order valence-corrected chi connectivity index (χ4v) is 7.33. The maximum absolute atomic E-state index is 13.2. The van der Waals surface area contributed by atoms with Gasteiger partial charge in [-0.2, -0.15) is 0 Å². The van der Waals surface area contributed by atoms with Crippen LogP contribution in [-0.4, -0.2) is 37.1 Å². The van der Waals surface area contributed by atoms with Crippen LogP contribution in [0, 0.1) is 34.5 Å². The largest absolute Gasteiger partial charge is 0.461 e. The summed E-state index contributed by atoms with van der Waals surface area (Å²) in [5.41, 5.74) is -1.39. The third kappa shape index (κ3) is 7.68. The van der Waals surface area contributed by atoms with Gasteiger partial charge in [-0.15, -0.1) is 0 Å². The van der Waals surface area contributed by atoms with E-state index in [1.165, 1.54) is 0 Å². The van der Waals surface area contributed by atoms with Gasteiger partial charge in [0.25, 0.3) is 0 Å². The zero-order valence-corrected chi connectivity index (χ0v) is 30.4. The fourth-order valence-electron chi connectivity index (χ4n) is 5.90. The van der Waals surface area contributed by atoms with Crippen molar-refractivity contribution in [3.8, 4) is 11.5 Å². The van der Waals surface area contributed by atoms with Crippen molar-refractivity contribution >= 4 is 93.5 Å². The van der Waals surface area contributed by atoms with Crippen molar-refractivity contribution in [2.24, 2.45) is 34.5 Å². The molecule has 4 rings (SSSR count). The van der Waals surface area contributed by atoms with E-state index in [1.54, 1.807) is 0 Å². The Morgan fingerprint density at radius 2 is 0.978 bits per heavy atom. The van der Waals surface area contributed by atoms with Crippen LogP contribution in [0.2, 0.25) is 30.1 Å². The van der Waals surface area contributed by atoms with Crippen LogP contribution in [-0.2, 0) is 19.1 Å². The van der Waals surface area contributed by atoms with E-state index in [9.17, 15) is 19.2 Å². The molecule has 8 nitrogen and oxygen atoms in total. The van der Waals surface area contributed by atoms with Crippen molar-refractivity contribution in [3.05, 3.63) is 53.4 Å². The second kappa shape index (κ2) is 13.9. The van der Waals surface area contributed by atoms with Gasteiger partial charge in [0.05, 0.1) is 43.3 Å². The van der Waals surface area contributed by atoms with E-state index >= 15 is 0 Å². The third-order valence-corrected chi connectivity index (χ3v) is 10.9. The lowest BCUT2D eigenvalue weighted by Gasteiger charge is -2.18. The summed E-state index contributed by atoms with van der Waals surface area (Å²) in [5.74, 6) is -4.90. The van der Waals surface area contributed by atoms with Crippen molar-refractivity contribution in [1.82, 2.24) is 0 Å². The lowest BCUT2D eigenvalue weighted by atomic mass is 10.00. The van der Waals surface area contributed by atoms with Crippen molar-refractivity contribution in [1.29, 1.82) is 0 Å². The minimum absolute atomic E-state index is 0.0660. The van der Waals surface area contributed by atoms with E-state index in [4.69, 9.17) is 88.6 Å². The Morgan fingerprint density at radius 3 is 1.26 bits per heavy atom. The Balaban J connectivity index is 1.54. The summed E-state index contributed by atoms with van der Waals surface area (Å²) in [6.07, 6.45) is 1.72. The van der Waals surface area contributed by atoms with Gasteiger partial charge in [0.1, 0.15) is 11.1 Å². The third-order valence-electron chi connectivity index (χ3n) is 8.74. The zero-order chi connectivity index (χ0) is 34.5. The Hall–Kier alpha value is -1.94. The minimum atomic E-state index is -1.64. The number of hydrogen-bond acceptors (Lipinski definition) is 8. The molecular formula is C32H32Cl6O8. The van der Waals surface area contributed by atoms with Gasteiger partial charge in [-0.25, -0.2) is 19.2 Å². The summed E-state index contributed by atoms with van der Waals surface area (Å²) < 4.78 is 21.4. The molecule has 0 saturated heterocycles. The molecule has 2 fully saturated rings. The molecule has 2 saturated carbocycles. The van der Waals surface area contributed by atoms with Gasteiger partial charge in [0.2, 0.25) is 0 Å². The number of rotatable bonds is 10. The van der Waals surface area contributed by atoms with Crippen LogP contribution in [0.5, 0.6) is 11.5 Å². The molecule has 0 bridgehead atoms. The highest BCUT2D eigenvalue weighted by atomic mass is 35.5. The minimum Gasteiger partial charge on any atom is -0.461 e. The van der Waals surface area contributed by atoms with Gasteiger partial charge in [-0.05, 0) is 48.6 Å². The van der Waals surface area contributed by atoms with Gasteiger partial charge in [-0.3, -0.25) is 0 Å². The standard InChI is InChI=1S/C32H32Cl6O8/c1-13(2)15-9-31(15,5)11-43-27(39)21-23(37)17(33)7-19(35)25(21)45-29(41)30(42)46-26-20(36)8-18(34)24(38)22(26)28(40)44-12-32(6)10-16(32)14(3)4/h7-8,13-16H,9-12H2,1-6H3. The van der Waals surface area contributed by atoms with E-state index in [2.05, 4.69) is 27.7 Å². The molecule has 0 N–H and O–H groups in total. The first-order chi connectivity index (χ1) is 21.3. The van der Waals surface area contributed by atoms with Crippen molar-refractivity contribution in [2.45, 2.75) is 54.4 Å². The first kappa shape index (κ1) is 36.9. The molecule has 4 unspecified atom stereocenters. The summed E-state index contributed by atoms with van der Waals surface area (Å²) >= 11 is 37.4. The molecule has 0 heterocycles. The zero-order valence-electron chi connectivity index (χ0n) is 25.8. The summed E-state index contributed by atoms with van der Waals surface area (Å²) in [6.45, 7) is 12.4.